The summed E-state index contributed by atoms with van der Waals surface area (Å²) in [5.41, 5.74) is 2.62. The number of carbonyl (C=O) groups excluding carboxylic acids is 1. The Hall–Kier alpha value is -2.37. The predicted molar refractivity (Wildman–Crippen MR) is 141 cm³/mol. The van der Waals surface area contributed by atoms with Crippen LogP contribution in [0.25, 0.3) is 0 Å². The van der Waals surface area contributed by atoms with Gasteiger partial charge in [-0.25, -0.2) is 4.79 Å². The van der Waals surface area contributed by atoms with Crippen molar-refractivity contribution in [2.24, 2.45) is 0 Å². The lowest BCUT2D eigenvalue weighted by Crippen LogP contribution is -2.26. The molecule has 5 heteroatoms. The van der Waals surface area contributed by atoms with Crippen LogP contribution in [0.1, 0.15) is 53.6 Å². The van der Waals surface area contributed by atoms with E-state index in [1.54, 1.807) is 0 Å². The maximum atomic E-state index is 13.2. The fraction of sp³-hybridized carbons (Fsp3) is 0.483. The molecule has 0 amide bonds. The molecule has 1 aliphatic heterocycles. The van der Waals surface area contributed by atoms with E-state index in [2.05, 4.69) is 26.2 Å². The lowest BCUT2D eigenvalue weighted by Gasteiger charge is -2.28. The van der Waals surface area contributed by atoms with Crippen LogP contribution in [-0.2, 0) is 22.5 Å². The maximum absolute atomic E-state index is 13.2. The summed E-state index contributed by atoms with van der Waals surface area (Å²) in [5.74, 6) is 0.317. The first-order valence-corrected chi connectivity index (χ1v) is 16.3. The molecule has 0 unspecified atom stereocenters. The third-order valence-electron chi connectivity index (χ3n) is 6.26. The number of aryl methyl sites for hydroxylation is 1. The second kappa shape index (κ2) is 12.9. The van der Waals surface area contributed by atoms with E-state index in [-0.39, 0.29) is 18.2 Å². The fourth-order valence-corrected chi connectivity index (χ4v) is 4.94. The molecule has 1 fully saturated rings. The van der Waals surface area contributed by atoms with Crippen molar-refractivity contribution in [1.82, 2.24) is 0 Å². The highest BCUT2D eigenvalue weighted by Crippen LogP contribution is 2.28. The van der Waals surface area contributed by atoms with Crippen LogP contribution < -0.4 is 4.74 Å². The van der Waals surface area contributed by atoms with E-state index >= 15 is 0 Å². The quantitative estimate of drug-likeness (QED) is 0.183. The number of rotatable bonds is 12. The summed E-state index contributed by atoms with van der Waals surface area (Å²) in [6.07, 6.45) is 8.40. The van der Waals surface area contributed by atoms with Gasteiger partial charge in [0, 0.05) is 8.07 Å². The lowest BCUT2D eigenvalue weighted by molar-refractivity contribution is -0.0294. The van der Waals surface area contributed by atoms with Gasteiger partial charge in [-0.15, -0.1) is 6.58 Å². The first kappa shape index (κ1) is 26.2. The minimum atomic E-state index is -1.29. The van der Waals surface area contributed by atoms with Gasteiger partial charge in [0.2, 0.25) is 0 Å². The van der Waals surface area contributed by atoms with E-state index in [0.29, 0.717) is 24.5 Å². The van der Waals surface area contributed by atoms with Crippen molar-refractivity contribution in [3.63, 3.8) is 0 Å². The van der Waals surface area contributed by atoms with Gasteiger partial charge < -0.3 is 14.2 Å². The molecule has 2 atom stereocenters. The van der Waals surface area contributed by atoms with Gasteiger partial charge in [-0.2, -0.15) is 0 Å². The normalized spacial score (nSPS) is 18.3. The molecule has 0 N–H and O–H groups in total. The molecule has 2 aromatic carbocycles. The highest BCUT2D eigenvalue weighted by Gasteiger charge is 2.23. The number of benzene rings is 2. The molecule has 4 nitrogen and oxygen atoms in total. The first-order chi connectivity index (χ1) is 16.4. The van der Waals surface area contributed by atoms with E-state index < -0.39 is 8.07 Å². The van der Waals surface area contributed by atoms with Crippen LogP contribution in [0, 0.1) is 0 Å². The molecule has 2 aromatic rings. The molecule has 0 saturated carbocycles. The van der Waals surface area contributed by atoms with Gasteiger partial charge >= 0.3 is 5.97 Å². The lowest BCUT2D eigenvalue weighted by atomic mass is 9.96. The molecule has 0 aromatic heterocycles. The third-order valence-corrected chi connectivity index (χ3v) is 7.96. The van der Waals surface area contributed by atoms with E-state index in [0.717, 1.165) is 49.3 Å². The zero-order valence-electron chi connectivity index (χ0n) is 21.1. The van der Waals surface area contributed by atoms with Crippen LogP contribution >= 0.6 is 0 Å². The summed E-state index contributed by atoms with van der Waals surface area (Å²) in [6, 6.07) is 16.8. The molecule has 184 valence electrons. The topological polar surface area (TPSA) is 44.8 Å². The van der Waals surface area contributed by atoms with Crippen LogP contribution in [0.15, 0.2) is 61.2 Å². The van der Waals surface area contributed by atoms with Gasteiger partial charge in [0.15, 0.2) is 0 Å². The highest BCUT2D eigenvalue weighted by atomic mass is 28.3. The Labute approximate surface area is 206 Å². The third kappa shape index (κ3) is 8.44. The largest absolute Gasteiger partial charge is 0.488 e. The monoisotopic (exact) mass is 480 g/mol. The standard InChI is InChI=1S/C29H40O4Si/c1-5-25-16-11-18-26(33-25)17-9-14-24-15-10-19-27(32-22-23-12-7-6-8-13-23)28(24)29(30)31-20-21-34(2,3)4/h5-8,10,12-13,15,19,25-26H,1,9,11,14,16-18,20-22H2,2-4H3/t25-,26+/m0/s1. The molecule has 0 aliphatic carbocycles. The van der Waals surface area contributed by atoms with E-state index in [1.807, 2.05) is 54.6 Å². The van der Waals surface area contributed by atoms with Crippen LogP contribution in [0.2, 0.25) is 25.7 Å². The highest BCUT2D eigenvalue weighted by molar-refractivity contribution is 6.76. The average Bonchev–Trinajstić information content (AvgIpc) is 2.82. The van der Waals surface area contributed by atoms with Crippen molar-refractivity contribution >= 4 is 14.0 Å². The van der Waals surface area contributed by atoms with Gasteiger partial charge in [-0.1, -0.05) is 68.2 Å². The van der Waals surface area contributed by atoms with Gasteiger partial charge in [-0.3, -0.25) is 0 Å². The minimum absolute atomic E-state index is 0.172. The molecule has 3 rings (SSSR count). The predicted octanol–water partition coefficient (Wildman–Crippen LogP) is 7.21. The summed E-state index contributed by atoms with van der Waals surface area (Å²) in [5, 5.41) is 0. The van der Waals surface area contributed by atoms with Crippen LogP contribution in [-0.4, -0.2) is 32.9 Å². The first-order valence-electron chi connectivity index (χ1n) is 12.6. The van der Waals surface area contributed by atoms with Gasteiger partial charge in [0.05, 0.1) is 18.8 Å². The molecule has 0 bridgehead atoms. The van der Waals surface area contributed by atoms with Crippen LogP contribution in [0.4, 0.5) is 0 Å². The van der Waals surface area contributed by atoms with Crippen molar-refractivity contribution in [1.29, 1.82) is 0 Å². The van der Waals surface area contributed by atoms with E-state index in [9.17, 15) is 4.79 Å². The zero-order valence-corrected chi connectivity index (χ0v) is 22.1. The van der Waals surface area contributed by atoms with Crippen molar-refractivity contribution in [2.45, 2.75) is 83.0 Å². The second-order valence-corrected chi connectivity index (χ2v) is 16.0. The molecular formula is C29H40O4Si. The molecule has 1 heterocycles. The number of hydrogen-bond donors (Lipinski definition) is 0. The van der Waals surface area contributed by atoms with E-state index in [1.165, 1.54) is 6.42 Å². The summed E-state index contributed by atoms with van der Waals surface area (Å²) < 4.78 is 18.0. The molecule has 1 saturated heterocycles. The summed E-state index contributed by atoms with van der Waals surface area (Å²) >= 11 is 0. The number of hydrogen-bond acceptors (Lipinski definition) is 4. The van der Waals surface area contributed by atoms with Crippen LogP contribution in [0.5, 0.6) is 5.75 Å². The fourth-order valence-electron chi connectivity index (χ4n) is 4.23. The summed E-state index contributed by atoms with van der Waals surface area (Å²) in [7, 11) is -1.29. The molecule has 0 spiro atoms. The Morgan fingerprint density at radius 2 is 1.91 bits per heavy atom. The Morgan fingerprint density at radius 3 is 2.65 bits per heavy atom. The Morgan fingerprint density at radius 1 is 1.12 bits per heavy atom. The smallest absolute Gasteiger partial charge is 0.342 e. The van der Waals surface area contributed by atoms with E-state index in [4.69, 9.17) is 14.2 Å². The molecule has 0 radical (unpaired) electrons. The second-order valence-electron chi connectivity index (χ2n) is 10.4. The zero-order chi connectivity index (χ0) is 24.4. The average molecular weight is 481 g/mol. The number of ether oxygens (including phenoxy) is 3. The Balaban J connectivity index is 1.69. The molecular weight excluding hydrogens is 440 g/mol. The van der Waals surface area contributed by atoms with Crippen molar-refractivity contribution < 1.29 is 19.0 Å². The van der Waals surface area contributed by atoms with Crippen molar-refractivity contribution in [3.8, 4) is 5.75 Å². The van der Waals surface area contributed by atoms with Crippen LogP contribution in [0.3, 0.4) is 0 Å². The van der Waals surface area contributed by atoms with Gasteiger partial charge in [-0.05, 0) is 61.8 Å². The number of carbonyl (C=O) groups is 1. The molecule has 34 heavy (non-hydrogen) atoms. The summed E-state index contributed by atoms with van der Waals surface area (Å²) in [6.45, 7) is 11.6. The van der Waals surface area contributed by atoms with Gasteiger partial charge in [0.25, 0.3) is 0 Å². The maximum Gasteiger partial charge on any atom is 0.342 e. The minimum Gasteiger partial charge on any atom is -0.488 e. The van der Waals surface area contributed by atoms with Gasteiger partial charge in [0.1, 0.15) is 17.9 Å². The number of esters is 1. The SMILES string of the molecule is C=C[C@H]1CCC[C@@H](CCCc2cccc(OCc3ccccc3)c2C(=O)OCC[Si](C)(C)C)O1. The van der Waals surface area contributed by atoms with Crippen molar-refractivity contribution in [3.05, 3.63) is 77.9 Å². The summed E-state index contributed by atoms with van der Waals surface area (Å²) in [4.78, 5) is 13.2. The van der Waals surface area contributed by atoms with Crippen molar-refractivity contribution in [2.75, 3.05) is 6.61 Å². The Bertz CT molecular complexity index is 919. The molecule has 1 aliphatic rings. The Kier molecular flexibility index (Phi) is 9.96.